The standard InChI is InChI=1S/C16H16O3/c17-14-9-11-15(12-10-14)19-16(18)8-4-7-13-5-2-1-3-6-13/h1-3,5-6,9-12,17H,4,7-8H2. The number of phenolic OH excluding ortho intramolecular Hbond substituents is 1. The Balaban J connectivity index is 1.74. The molecule has 0 aliphatic rings. The van der Waals surface area contributed by atoms with Gasteiger partial charge < -0.3 is 9.84 Å². The van der Waals surface area contributed by atoms with Gasteiger partial charge in [0.2, 0.25) is 0 Å². The summed E-state index contributed by atoms with van der Waals surface area (Å²) in [6.07, 6.45) is 2.02. The summed E-state index contributed by atoms with van der Waals surface area (Å²) in [7, 11) is 0. The highest BCUT2D eigenvalue weighted by molar-refractivity contribution is 5.72. The molecule has 0 fully saturated rings. The number of aromatic hydroxyl groups is 1. The summed E-state index contributed by atoms with van der Waals surface area (Å²) in [5.41, 5.74) is 1.22. The number of hydrogen-bond donors (Lipinski definition) is 1. The van der Waals surface area contributed by atoms with E-state index in [4.69, 9.17) is 9.84 Å². The first-order valence-corrected chi connectivity index (χ1v) is 6.28. The number of benzene rings is 2. The van der Waals surface area contributed by atoms with Crippen molar-refractivity contribution in [1.29, 1.82) is 0 Å². The van der Waals surface area contributed by atoms with Crippen LogP contribution in [0.5, 0.6) is 11.5 Å². The number of phenols is 1. The van der Waals surface area contributed by atoms with E-state index in [-0.39, 0.29) is 11.7 Å². The zero-order chi connectivity index (χ0) is 13.5. The van der Waals surface area contributed by atoms with Crippen molar-refractivity contribution in [1.82, 2.24) is 0 Å². The summed E-state index contributed by atoms with van der Waals surface area (Å²) in [5, 5.41) is 9.12. The second-order valence-corrected chi connectivity index (χ2v) is 4.31. The Morgan fingerprint density at radius 2 is 1.68 bits per heavy atom. The largest absolute Gasteiger partial charge is 0.508 e. The minimum atomic E-state index is -0.248. The van der Waals surface area contributed by atoms with Crippen molar-refractivity contribution in [2.45, 2.75) is 19.3 Å². The Morgan fingerprint density at radius 1 is 1.00 bits per heavy atom. The summed E-state index contributed by atoms with van der Waals surface area (Å²) >= 11 is 0. The highest BCUT2D eigenvalue weighted by Crippen LogP contribution is 2.16. The average Bonchev–Trinajstić information content (AvgIpc) is 2.43. The topological polar surface area (TPSA) is 46.5 Å². The molecule has 0 radical (unpaired) electrons. The SMILES string of the molecule is O=C(CCCc1ccccc1)Oc1ccc(O)cc1. The van der Waals surface area contributed by atoms with Gasteiger partial charge in [-0.15, -0.1) is 0 Å². The quantitative estimate of drug-likeness (QED) is 0.659. The normalized spacial score (nSPS) is 10.1. The van der Waals surface area contributed by atoms with Gasteiger partial charge in [0, 0.05) is 6.42 Å². The van der Waals surface area contributed by atoms with Gasteiger partial charge in [-0.2, -0.15) is 0 Å². The van der Waals surface area contributed by atoms with Crippen LogP contribution in [0, 0.1) is 0 Å². The van der Waals surface area contributed by atoms with E-state index >= 15 is 0 Å². The molecule has 98 valence electrons. The van der Waals surface area contributed by atoms with Crippen molar-refractivity contribution in [2.24, 2.45) is 0 Å². The molecule has 0 heterocycles. The van der Waals surface area contributed by atoms with E-state index in [0.717, 1.165) is 12.8 Å². The lowest BCUT2D eigenvalue weighted by Crippen LogP contribution is -2.07. The molecule has 19 heavy (non-hydrogen) atoms. The molecule has 0 amide bonds. The van der Waals surface area contributed by atoms with Gasteiger partial charge in [0.25, 0.3) is 0 Å². The van der Waals surface area contributed by atoms with E-state index in [1.54, 1.807) is 12.1 Å². The molecule has 2 rings (SSSR count). The number of aryl methyl sites for hydroxylation is 1. The number of esters is 1. The molecular formula is C16H16O3. The summed E-state index contributed by atoms with van der Waals surface area (Å²) in [6.45, 7) is 0. The van der Waals surface area contributed by atoms with Crippen LogP contribution in [0.1, 0.15) is 18.4 Å². The second kappa shape index (κ2) is 6.59. The van der Waals surface area contributed by atoms with Gasteiger partial charge in [0.1, 0.15) is 11.5 Å². The van der Waals surface area contributed by atoms with Gasteiger partial charge in [0.15, 0.2) is 0 Å². The molecule has 0 saturated carbocycles. The first-order chi connectivity index (χ1) is 9.24. The molecule has 2 aromatic carbocycles. The third-order valence-electron chi connectivity index (χ3n) is 2.76. The zero-order valence-electron chi connectivity index (χ0n) is 10.6. The molecule has 2 aromatic rings. The van der Waals surface area contributed by atoms with Crippen LogP contribution in [0.25, 0.3) is 0 Å². The molecule has 0 aliphatic heterocycles. The van der Waals surface area contributed by atoms with Gasteiger partial charge in [-0.3, -0.25) is 4.79 Å². The summed E-state index contributed by atoms with van der Waals surface area (Å²) < 4.78 is 5.16. The molecule has 1 N–H and O–H groups in total. The number of rotatable bonds is 5. The van der Waals surface area contributed by atoms with Crippen LogP contribution in [0.2, 0.25) is 0 Å². The van der Waals surface area contributed by atoms with Crippen molar-refractivity contribution in [3.05, 3.63) is 60.2 Å². The molecule has 0 aromatic heterocycles. The molecule has 0 saturated heterocycles. The minimum absolute atomic E-state index is 0.156. The Hall–Kier alpha value is -2.29. The molecule has 0 atom stereocenters. The summed E-state index contributed by atoms with van der Waals surface area (Å²) in [6, 6.07) is 16.2. The Bertz CT molecular complexity index is 517. The van der Waals surface area contributed by atoms with Crippen LogP contribution in [0.4, 0.5) is 0 Å². The predicted octanol–water partition coefficient (Wildman–Crippen LogP) is 3.32. The Labute approximate surface area is 112 Å². The maximum Gasteiger partial charge on any atom is 0.311 e. The highest BCUT2D eigenvalue weighted by Gasteiger charge is 2.05. The van der Waals surface area contributed by atoms with Gasteiger partial charge in [-0.05, 0) is 42.7 Å². The van der Waals surface area contributed by atoms with Crippen molar-refractivity contribution >= 4 is 5.97 Å². The van der Waals surface area contributed by atoms with Crippen LogP contribution in [0.15, 0.2) is 54.6 Å². The first-order valence-electron chi connectivity index (χ1n) is 6.28. The number of ether oxygens (including phenoxy) is 1. The lowest BCUT2D eigenvalue weighted by atomic mass is 10.1. The molecule has 3 heteroatoms. The summed E-state index contributed by atoms with van der Waals surface area (Å²) in [4.78, 5) is 11.6. The smallest absolute Gasteiger partial charge is 0.311 e. The van der Waals surface area contributed by atoms with Crippen LogP contribution in [-0.4, -0.2) is 11.1 Å². The van der Waals surface area contributed by atoms with Crippen LogP contribution < -0.4 is 4.74 Å². The average molecular weight is 256 g/mol. The van der Waals surface area contributed by atoms with Gasteiger partial charge in [-0.25, -0.2) is 0 Å². The molecule has 3 nitrogen and oxygen atoms in total. The van der Waals surface area contributed by atoms with E-state index < -0.39 is 0 Å². The van der Waals surface area contributed by atoms with E-state index in [1.807, 2.05) is 30.3 Å². The summed E-state index contributed by atoms with van der Waals surface area (Å²) in [5.74, 6) is 0.369. The number of hydrogen-bond acceptors (Lipinski definition) is 3. The zero-order valence-corrected chi connectivity index (χ0v) is 10.6. The van der Waals surface area contributed by atoms with Gasteiger partial charge in [0.05, 0.1) is 0 Å². The fraction of sp³-hybridized carbons (Fsp3) is 0.188. The molecule has 0 bridgehead atoms. The third-order valence-corrected chi connectivity index (χ3v) is 2.76. The second-order valence-electron chi connectivity index (χ2n) is 4.31. The van der Waals surface area contributed by atoms with E-state index in [2.05, 4.69) is 0 Å². The fourth-order valence-corrected chi connectivity index (χ4v) is 1.78. The van der Waals surface area contributed by atoms with Crippen LogP contribution >= 0.6 is 0 Å². The van der Waals surface area contributed by atoms with Crippen LogP contribution in [-0.2, 0) is 11.2 Å². The number of carbonyl (C=O) groups is 1. The van der Waals surface area contributed by atoms with Crippen molar-refractivity contribution in [3.63, 3.8) is 0 Å². The Morgan fingerprint density at radius 3 is 2.37 bits per heavy atom. The van der Waals surface area contributed by atoms with Crippen molar-refractivity contribution in [2.75, 3.05) is 0 Å². The molecule has 0 unspecified atom stereocenters. The van der Waals surface area contributed by atoms with Crippen molar-refractivity contribution in [3.8, 4) is 11.5 Å². The van der Waals surface area contributed by atoms with Gasteiger partial charge in [-0.1, -0.05) is 30.3 Å². The van der Waals surface area contributed by atoms with E-state index in [9.17, 15) is 4.79 Å². The monoisotopic (exact) mass is 256 g/mol. The molecule has 0 spiro atoms. The van der Waals surface area contributed by atoms with E-state index in [1.165, 1.54) is 17.7 Å². The maximum absolute atomic E-state index is 11.6. The Kier molecular flexibility index (Phi) is 4.56. The number of carbonyl (C=O) groups excluding carboxylic acids is 1. The highest BCUT2D eigenvalue weighted by atomic mass is 16.5. The van der Waals surface area contributed by atoms with E-state index in [0.29, 0.717) is 12.2 Å². The lowest BCUT2D eigenvalue weighted by Gasteiger charge is -2.04. The molecular weight excluding hydrogens is 240 g/mol. The van der Waals surface area contributed by atoms with Crippen molar-refractivity contribution < 1.29 is 14.6 Å². The maximum atomic E-state index is 11.6. The molecule has 0 aliphatic carbocycles. The fourth-order valence-electron chi connectivity index (χ4n) is 1.78. The van der Waals surface area contributed by atoms with Gasteiger partial charge >= 0.3 is 5.97 Å². The third kappa shape index (κ3) is 4.47. The first kappa shape index (κ1) is 13.1. The van der Waals surface area contributed by atoms with Crippen LogP contribution in [0.3, 0.4) is 0 Å². The predicted molar refractivity (Wildman–Crippen MR) is 73.1 cm³/mol. The lowest BCUT2D eigenvalue weighted by molar-refractivity contribution is -0.134. The minimum Gasteiger partial charge on any atom is -0.508 e.